The van der Waals surface area contributed by atoms with Crippen LogP contribution in [0.1, 0.15) is 37.4 Å². The Morgan fingerprint density at radius 3 is 2.34 bits per heavy atom. The third kappa shape index (κ3) is 5.06. The monoisotopic (exact) mass is 470 g/mol. The highest BCUT2D eigenvalue weighted by atomic mass is 16.5. The fourth-order valence-electron chi connectivity index (χ4n) is 4.17. The lowest BCUT2D eigenvalue weighted by Gasteiger charge is -2.17. The van der Waals surface area contributed by atoms with Gasteiger partial charge in [-0.25, -0.2) is 4.98 Å². The number of carbonyl (C=O) groups excluding carboxylic acids is 1. The van der Waals surface area contributed by atoms with Gasteiger partial charge in [0.2, 0.25) is 0 Å². The largest absolute Gasteiger partial charge is 0.497 e. The van der Waals surface area contributed by atoms with Crippen LogP contribution in [0.15, 0.2) is 78.9 Å². The molecule has 0 aliphatic carbocycles. The minimum Gasteiger partial charge on any atom is -0.497 e. The molecule has 0 aliphatic heterocycles. The van der Waals surface area contributed by atoms with E-state index >= 15 is 0 Å². The molecule has 0 fully saturated rings. The summed E-state index contributed by atoms with van der Waals surface area (Å²) in [5, 5.41) is 3.19. The number of anilines is 1. The average molecular weight is 471 g/mol. The number of nitrogens with zero attached hydrogens (tertiary/aromatic N) is 3. The van der Waals surface area contributed by atoms with Crippen LogP contribution in [0.4, 0.5) is 5.69 Å². The SMILES string of the molecule is CCn1c(-c2ccccc2)nc(-c2cccc(N(C)C)c2)c1C(=O)N[C@@H](C)c1ccc(OC)cc1.[HH]. The van der Waals surface area contributed by atoms with Crippen molar-refractivity contribution in [3.05, 3.63) is 90.1 Å². The number of carbonyl (C=O) groups is 1. The molecule has 35 heavy (non-hydrogen) atoms. The molecule has 6 nitrogen and oxygen atoms in total. The maximum absolute atomic E-state index is 13.8. The van der Waals surface area contributed by atoms with Crippen molar-refractivity contribution in [2.24, 2.45) is 0 Å². The molecule has 0 unspecified atom stereocenters. The smallest absolute Gasteiger partial charge is 0.270 e. The minimum atomic E-state index is -0.185. The zero-order valence-corrected chi connectivity index (χ0v) is 20.9. The third-order valence-electron chi connectivity index (χ3n) is 6.13. The first kappa shape index (κ1) is 24.1. The van der Waals surface area contributed by atoms with Crippen molar-refractivity contribution >= 4 is 11.6 Å². The van der Waals surface area contributed by atoms with Gasteiger partial charge in [0.25, 0.3) is 5.91 Å². The number of ether oxygens (including phenoxy) is 1. The Labute approximate surface area is 208 Å². The van der Waals surface area contributed by atoms with Crippen LogP contribution in [0.3, 0.4) is 0 Å². The minimum absolute atomic E-state index is 0. The van der Waals surface area contributed by atoms with Crippen molar-refractivity contribution in [1.82, 2.24) is 14.9 Å². The van der Waals surface area contributed by atoms with Gasteiger partial charge in [-0.2, -0.15) is 0 Å². The van der Waals surface area contributed by atoms with E-state index in [0.29, 0.717) is 17.9 Å². The first-order valence-corrected chi connectivity index (χ1v) is 11.8. The second-order valence-corrected chi connectivity index (χ2v) is 8.66. The Morgan fingerprint density at radius 1 is 1.03 bits per heavy atom. The van der Waals surface area contributed by atoms with Crippen LogP contribution >= 0.6 is 0 Å². The van der Waals surface area contributed by atoms with E-state index in [1.54, 1.807) is 7.11 Å². The van der Waals surface area contributed by atoms with Crippen LogP contribution in [0, 0.1) is 0 Å². The van der Waals surface area contributed by atoms with E-state index in [9.17, 15) is 4.79 Å². The van der Waals surface area contributed by atoms with Gasteiger partial charge in [0.15, 0.2) is 0 Å². The quantitative estimate of drug-likeness (QED) is 0.341. The Hall–Kier alpha value is -4.06. The lowest BCUT2D eigenvalue weighted by molar-refractivity contribution is 0.0931. The molecule has 182 valence electrons. The van der Waals surface area contributed by atoms with Gasteiger partial charge >= 0.3 is 0 Å². The number of rotatable bonds is 8. The molecule has 1 aromatic heterocycles. The second-order valence-electron chi connectivity index (χ2n) is 8.66. The number of hydrogen-bond acceptors (Lipinski definition) is 4. The number of hydrogen-bond donors (Lipinski definition) is 1. The summed E-state index contributed by atoms with van der Waals surface area (Å²) >= 11 is 0. The van der Waals surface area contributed by atoms with Crippen LogP contribution in [0.2, 0.25) is 0 Å². The van der Waals surface area contributed by atoms with Gasteiger partial charge in [0.05, 0.1) is 13.2 Å². The topological polar surface area (TPSA) is 59.4 Å². The van der Waals surface area contributed by atoms with Gasteiger partial charge < -0.3 is 19.5 Å². The molecule has 0 radical (unpaired) electrons. The molecule has 0 saturated carbocycles. The molecule has 1 N–H and O–H groups in total. The summed E-state index contributed by atoms with van der Waals surface area (Å²) in [5.74, 6) is 1.41. The van der Waals surface area contributed by atoms with Crippen LogP contribution in [0.5, 0.6) is 5.75 Å². The lowest BCUT2D eigenvalue weighted by Crippen LogP contribution is -2.29. The summed E-state index contributed by atoms with van der Waals surface area (Å²) in [6.45, 7) is 4.64. The zero-order valence-electron chi connectivity index (χ0n) is 20.9. The van der Waals surface area contributed by atoms with Gasteiger partial charge in [-0.15, -0.1) is 0 Å². The molecule has 0 saturated heterocycles. The molecule has 0 bridgehead atoms. The number of amides is 1. The van der Waals surface area contributed by atoms with Gasteiger partial charge in [-0.05, 0) is 43.7 Å². The van der Waals surface area contributed by atoms with E-state index in [4.69, 9.17) is 9.72 Å². The van der Waals surface area contributed by atoms with Gasteiger partial charge in [0, 0.05) is 38.9 Å². The Balaban J connectivity index is 0.00000361. The number of methoxy groups -OCH3 is 1. The molecule has 6 heteroatoms. The molecule has 1 atom stereocenters. The predicted octanol–water partition coefficient (Wildman–Crippen LogP) is 6.05. The Morgan fingerprint density at radius 2 is 1.71 bits per heavy atom. The standard InChI is InChI=1S/C29H32N4O2.H2/c1-6-33-27(29(34)30-20(2)21-15-17-25(35-5)18-16-21)26(23-13-10-14-24(19-23)32(3)4)31-28(33)22-11-8-7-9-12-22;/h7-20H,6H2,1-5H3,(H,30,34);1H/t20-;/m0./s1. The Bertz CT molecular complexity index is 1300. The summed E-state index contributed by atoms with van der Waals surface area (Å²) in [6.07, 6.45) is 0. The predicted molar refractivity (Wildman–Crippen MR) is 144 cm³/mol. The maximum Gasteiger partial charge on any atom is 0.270 e. The molecule has 1 amide bonds. The molecule has 1 heterocycles. The van der Waals surface area contributed by atoms with E-state index in [1.165, 1.54) is 0 Å². The molecular weight excluding hydrogens is 436 g/mol. The second kappa shape index (κ2) is 10.5. The van der Waals surface area contributed by atoms with Crippen molar-refractivity contribution in [3.63, 3.8) is 0 Å². The average Bonchev–Trinajstić information content (AvgIpc) is 3.29. The summed E-state index contributed by atoms with van der Waals surface area (Å²) < 4.78 is 7.27. The van der Waals surface area contributed by atoms with E-state index in [2.05, 4.69) is 11.4 Å². The van der Waals surface area contributed by atoms with Crippen molar-refractivity contribution in [2.45, 2.75) is 26.4 Å². The van der Waals surface area contributed by atoms with E-state index in [0.717, 1.165) is 34.0 Å². The molecule has 3 aromatic carbocycles. The Kier molecular flexibility index (Phi) is 7.20. The molecule has 4 aromatic rings. The highest BCUT2D eigenvalue weighted by molar-refractivity contribution is 6.00. The third-order valence-corrected chi connectivity index (χ3v) is 6.13. The fourth-order valence-corrected chi connectivity index (χ4v) is 4.17. The number of nitrogens with one attached hydrogen (secondary N) is 1. The van der Waals surface area contributed by atoms with Gasteiger partial charge in [-0.3, -0.25) is 4.79 Å². The van der Waals surface area contributed by atoms with E-state index in [-0.39, 0.29) is 13.4 Å². The van der Waals surface area contributed by atoms with Crippen LogP contribution in [-0.2, 0) is 6.54 Å². The highest BCUT2D eigenvalue weighted by Gasteiger charge is 2.25. The van der Waals surface area contributed by atoms with Crippen molar-refractivity contribution in [3.8, 4) is 28.4 Å². The summed E-state index contributed by atoms with van der Waals surface area (Å²) in [5.41, 5.74) is 5.16. The van der Waals surface area contributed by atoms with Crippen LogP contribution in [0.25, 0.3) is 22.6 Å². The summed E-state index contributed by atoms with van der Waals surface area (Å²) in [4.78, 5) is 20.8. The normalized spacial score (nSPS) is 11.7. The molecule has 0 spiro atoms. The number of imidazole rings is 1. The number of benzene rings is 3. The van der Waals surface area contributed by atoms with Crippen molar-refractivity contribution < 1.29 is 11.0 Å². The molecule has 0 aliphatic rings. The summed E-state index contributed by atoms with van der Waals surface area (Å²) in [7, 11) is 5.65. The first-order valence-electron chi connectivity index (χ1n) is 11.8. The van der Waals surface area contributed by atoms with Crippen LogP contribution < -0.4 is 15.0 Å². The maximum atomic E-state index is 13.8. The van der Waals surface area contributed by atoms with E-state index < -0.39 is 0 Å². The fraction of sp³-hybridized carbons (Fsp3) is 0.241. The van der Waals surface area contributed by atoms with Crippen LogP contribution in [-0.4, -0.2) is 36.7 Å². The molecule has 4 rings (SSSR count). The molecular formula is C29H34N4O2. The zero-order chi connectivity index (χ0) is 24.9. The number of aromatic nitrogens is 2. The van der Waals surface area contributed by atoms with Crippen molar-refractivity contribution in [2.75, 3.05) is 26.1 Å². The first-order chi connectivity index (χ1) is 16.9. The van der Waals surface area contributed by atoms with Gasteiger partial charge in [-0.1, -0.05) is 54.6 Å². The lowest BCUT2D eigenvalue weighted by atomic mass is 10.1. The van der Waals surface area contributed by atoms with Gasteiger partial charge in [0.1, 0.15) is 23.0 Å². The van der Waals surface area contributed by atoms with E-state index in [1.807, 2.05) is 110 Å². The summed E-state index contributed by atoms with van der Waals surface area (Å²) in [6, 6.07) is 25.7. The van der Waals surface area contributed by atoms with Crippen molar-refractivity contribution in [1.29, 1.82) is 0 Å². The highest BCUT2D eigenvalue weighted by Crippen LogP contribution is 2.32.